The maximum atomic E-state index is 12.6. The molecule has 2 aromatic rings. The SMILES string of the molecule is COC(Nc1ccccc1)(C(C)=O)C(=O)Nc1ccccn1. The number of Topliss-reactive ketones (excluding diaryl/α,β-unsaturated/α-hetero) is 1. The van der Waals surface area contributed by atoms with E-state index in [1.54, 1.807) is 48.7 Å². The molecule has 1 aromatic carbocycles. The molecule has 6 heteroatoms. The van der Waals surface area contributed by atoms with Crippen LogP contribution in [0.3, 0.4) is 0 Å². The molecule has 6 nitrogen and oxygen atoms in total. The van der Waals surface area contributed by atoms with Crippen LogP contribution < -0.4 is 10.6 Å². The monoisotopic (exact) mass is 299 g/mol. The van der Waals surface area contributed by atoms with Crippen LogP contribution in [-0.2, 0) is 14.3 Å². The summed E-state index contributed by atoms with van der Waals surface area (Å²) in [4.78, 5) is 28.6. The molecular formula is C16H17N3O3. The number of benzene rings is 1. The average Bonchev–Trinajstić information content (AvgIpc) is 2.54. The van der Waals surface area contributed by atoms with Crippen LogP contribution in [0.5, 0.6) is 0 Å². The Morgan fingerprint density at radius 1 is 1.09 bits per heavy atom. The first-order valence-electron chi connectivity index (χ1n) is 6.70. The van der Waals surface area contributed by atoms with Crippen LogP contribution in [0.1, 0.15) is 6.92 Å². The molecule has 1 unspecified atom stereocenters. The molecule has 114 valence electrons. The van der Waals surface area contributed by atoms with E-state index in [-0.39, 0.29) is 0 Å². The predicted molar refractivity (Wildman–Crippen MR) is 83.4 cm³/mol. The molecule has 2 rings (SSSR count). The van der Waals surface area contributed by atoms with Gasteiger partial charge in [0.05, 0.1) is 0 Å². The Morgan fingerprint density at radius 2 is 1.77 bits per heavy atom. The van der Waals surface area contributed by atoms with Gasteiger partial charge in [-0.25, -0.2) is 4.98 Å². The van der Waals surface area contributed by atoms with E-state index in [0.29, 0.717) is 11.5 Å². The number of hydrogen-bond acceptors (Lipinski definition) is 5. The first kappa shape index (κ1) is 15.7. The number of nitrogens with one attached hydrogen (secondary N) is 2. The van der Waals surface area contributed by atoms with Gasteiger partial charge in [0.1, 0.15) is 5.82 Å². The average molecular weight is 299 g/mol. The van der Waals surface area contributed by atoms with Crippen LogP contribution in [0.15, 0.2) is 54.7 Å². The molecule has 0 fully saturated rings. The van der Waals surface area contributed by atoms with Gasteiger partial charge in [-0.1, -0.05) is 24.3 Å². The van der Waals surface area contributed by atoms with Crippen LogP contribution >= 0.6 is 0 Å². The second-order valence-electron chi connectivity index (χ2n) is 4.60. The summed E-state index contributed by atoms with van der Waals surface area (Å²) >= 11 is 0. The summed E-state index contributed by atoms with van der Waals surface area (Å²) in [5, 5.41) is 5.43. The van der Waals surface area contributed by atoms with E-state index in [0.717, 1.165) is 0 Å². The smallest absolute Gasteiger partial charge is 0.287 e. The number of hydrogen-bond donors (Lipinski definition) is 2. The molecule has 0 radical (unpaired) electrons. The third kappa shape index (κ3) is 3.29. The minimum absolute atomic E-state index is 0.338. The summed E-state index contributed by atoms with van der Waals surface area (Å²) in [7, 11) is 1.30. The van der Waals surface area contributed by atoms with Crippen molar-refractivity contribution in [3.63, 3.8) is 0 Å². The van der Waals surface area contributed by atoms with Crippen LogP contribution in [0.2, 0.25) is 0 Å². The standard InChI is InChI=1S/C16H17N3O3/c1-12(20)16(22-2,19-13-8-4-3-5-9-13)15(21)18-14-10-6-7-11-17-14/h3-11,19H,1-2H3,(H,17,18,21). The van der Waals surface area contributed by atoms with E-state index < -0.39 is 17.4 Å². The number of methoxy groups -OCH3 is 1. The molecule has 1 atom stereocenters. The zero-order valence-electron chi connectivity index (χ0n) is 12.4. The van der Waals surface area contributed by atoms with Crippen LogP contribution in [-0.4, -0.2) is 29.5 Å². The maximum absolute atomic E-state index is 12.6. The highest BCUT2D eigenvalue weighted by molar-refractivity contribution is 6.15. The molecule has 22 heavy (non-hydrogen) atoms. The number of carbonyl (C=O) groups excluding carboxylic acids is 2. The van der Waals surface area contributed by atoms with Gasteiger partial charge >= 0.3 is 0 Å². The van der Waals surface area contributed by atoms with E-state index in [9.17, 15) is 9.59 Å². The van der Waals surface area contributed by atoms with Gasteiger partial charge in [0.2, 0.25) is 0 Å². The summed E-state index contributed by atoms with van der Waals surface area (Å²) in [6.07, 6.45) is 1.54. The van der Waals surface area contributed by atoms with Crippen molar-refractivity contribution in [1.82, 2.24) is 4.98 Å². The number of pyridine rings is 1. The second-order valence-corrected chi connectivity index (χ2v) is 4.60. The Morgan fingerprint density at radius 3 is 2.32 bits per heavy atom. The first-order valence-corrected chi connectivity index (χ1v) is 6.70. The molecule has 0 saturated carbocycles. The summed E-state index contributed by atoms with van der Waals surface area (Å²) < 4.78 is 5.24. The van der Waals surface area contributed by atoms with Gasteiger partial charge in [-0.15, -0.1) is 0 Å². The number of rotatable bonds is 6. The summed E-state index contributed by atoms with van der Waals surface area (Å²) in [6.45, 7) is 1.29. The molecule has 1 heterocycles. The fourth-order valence-electron chi connectivity index (χ4n) is 1.96. The Labute approximate surface area is 128 Å². The lowest BCUT2D eigenvalue weighted by Gasteiger charge is -2.30. The number of carbonyl (C=O) groups is 2. The fraction of sp³-hybridized carbons (Fsp3) is 0.188. The largest absolute Gasteiger partial charge is 0.345 e. The van der Waals surface area contributed by atoms with Crippen molar-refractivity contribution in [2.24, 2.45) is 0 Å². The van der Waals surface area contributed by atoms with Crippen molar-refractivity contribution in [3.05, 3.63) is 54.7 Å². The Balaban J connectivity index is 2.28. The zero-order valence-corrected chi connectivity index (χ0v) is 12.4. The van der Waals surface area contributed by atoms with Gasteiger partial charge in [-0.05, 0) is 24.3 Å². The number of ether oxygens (including phenoxy) is 1. The molecule has 0 aliphatic heterocycles. The molecule has 0 aliphatic carbocycles. The quantitative estimate of drug-likeness (QED) is 0.630. The first-order chi connectivity index (χ1) is 10.6. The van der Waals surface area contributed by atoms with Gasteiger partial charge in [-0.2, -0.15) is 0 Å². The van der Waals surface area contributed by atoms with Crippen molar-refractivity contribution in [2.75, 3.05) is 17.7 Å². The summed E-state index contributed by atoms with van der Waals surface area (Å²) in [5.41, 5.74) is -1.23. The minimum Gasteiger partial charge on any atom is -0.345 e. The normalized spacial score (nSPS) is 13.0. The van der Waals surface area contributed by atoms with Crippen molar-refractivity contribution < 1.29 is 14.3 Å². The van der Waals surface area contributed by atoms with Gasteiger partial charge in [0.25, 0.3) is 11.6 Å². The zero-order chi connectivity index (χ0) is 16.0. The molecule has 0 spiro atoms. The van der Waals surface area contributed by atoms with E-state index in [2.05, 4.69) is 15.6 Å². The number of aromatic nitrogens is 1. The number of ketones is 1. The molecule has 0 saturated heterocycles. The third-order valence-electron chi connectivity index (χ3n) is 3.12. The van der Waals surface area contributed by atoms with Crippen LogP contribution in [0.25, 0.3) is 0 Å². The van der Waals surface area contributed by atoms with E-state index >= 15 is 0 Å². The van der Waals surface area contributed by atoms with Crippen LogP contribution in [0, 0.1) is 0 Å². The Kier molecular flexibility index (Phi) is 4.85. The van der Waals surface area contributed by atoms with E-state index in [4.69, 9.17) is 4.74 Å². The van der Waals surface area contributed by atoms with E-state index in [1.165, 1.54) is 14.0 Å². The molecule has 1 amide bonds. The van der Waals surface area contributed by atoms with Gasteiger partial charge in [-0.3, -0.25) is 9.59 Å². The number of anilines is 2. The highest BCUT2D eigenvalue weighted by Gasteiger charge is 2.44. The van der Waals surface area contributed by atoms with Crippen molar-refractivity contribution in [3.8, 4) is 0 Å². The third-order valence-corrected chi connectivity index (χ3v) is 3.12. The molecule has 0 bridgehead atoms. The highest BCUT2D eigenvalue weighted by atomic mass is 16.5. The van der Waals surface area contributed by atoms with E-state index in [1.807, 2.05) is 6.07 Å². The van der Waals surface area contributed by atoms with Crippen molar-refractivity contribution >= 4 is 23.2 Å². The molecule has 0 aliphatic rings. The highest BCUT2D eigenvalue weighted by Crippen LogP contribution is 2.19. The Bertz CT molecular complexity index is 646. The number of para-hydroxylation sites is 1. The summed E-state index contributed by atoms with van der Waals surface area (Å²) in [6, 6.07) is 14.0. The van der Waals surface area contributed by atoms with Gasteiger partial charge < -0.3 is 15.4 Å². The maximum Gasteiger partial charge on any atom is 0.287 e. The lowest BCUT2D eigenvalue weighted by atomic mass is 10.1. The number of amides is 1. The van der Waals surface area contributed by atoms with Gasteiger partial charge in [0.15, 0.2) is 5.78 Å². The van der Waals surface area contributed by atoms with Crippen molar-refractivity contribution in [1.29, 1.82) is 0 Å². The molecule has 1 aromatic heterocycles. The van der Waals surface area contributed by atoms with Crippen molar-refractivity contribution in [2.45, 2.75) is 12.6 Å². The fourth-order valence-corrected chi connectivity index (χ4v) is 1.96. The van der Waals surface area contributed by atoms with Gasteiger partial charge in [0, 0.05) is 25.9 Å². The number of nitrogens with zero attached hydrogens (tertiary/aromatic N) is 1. The predicted octanol–water partition coefficient (Wildman–Crippen LogP) is 2.06. The molecular weight excluding hydrogens is 282 g/mol. The Hall–Kier alpha value is -2.73. The lowest BCUT2D eigenvalue weighted by molar-refractivity contribution is -0.147. The lowest BCUT2D eigenvalue weighted by Crippen LogP contribution is -2.56. The summed E-state index contributed by atoms with van der Waals surface area (Å²) in [5.74, 6) is -0.762. The second kappa shape index (κ2) is 6.82. The minimum atomic E-state index is -1.82. The topological polar surface area (TPSA) is 80.3 Å². The molecule has 2 N–H and O–H groups in total. The van der Waals surface area contributed by atoms with Crippen LogP contribution in [0.4, 0.5) is 11.5 Å².